The lowest BCUT2D eigenvalue weighted by atomic mass is 10.0. The normalized spacial score (nSPS) is 10.8. The van der Waals surface area contributed by atoms with Crippen molar-refractivity contribution < 1.29 is 18.7 Å². The molecule has 0 spiro atoms. The molecule has 0 radical (unpaired) electrons. The van der Waals surface area contributed by atoms with Crippen LogP contribution in [0.15, 0.2) is 95.4 Å². The van der Waals surface area contributed by atoms with Crippen LogP contribution in [0.5, 0.6) is 5.75 Å². The Bertz CT molecular complexity index is 1460. The first kappa shape index (κ1) is 20.3. The number of anilines is 2. The summed E-state index contributed by atoms with van der Waals surface area (Å²) in [6, 6.07) is 27.5. The van der Waals surface area contributed by atoms with E-state index in [4.69, 9.17) is 9.15 Å². The van der Waals surface area contributed by atoms with Crippen molar-refractivity contribution >= 4 is 44.9 Å². The van der Waals surface area contributed by atoms with E-state index >= 15 is 0 Å². The van der Waals surface area contributed by atoms with Gasteiger partial charge in [0.25, 0.3) is 11.8 Å². The maximum Gasteiger partial charge on any atom is 0.291 e. The molecule has 5 rings (SSSR count). The van der Waals surface area contributed by atoms with Crippen molar-refractivity contribution in [2.24, 2.45) is 0 Å². The van der Waals surface area contributed by atoms with E-state index in [1.54, 1.807) is 36.4 Å². The molecule has 0 saturated heterocycles. The molecule has 0 aliphatic heterocycles. The maximum absolute atomic E-state index is 12.9. The molecular weight excluding hydrogens is 416 g/mol. The summed E-state index contributed by atoms with van der Waals surface area (Å²) in [5.41, 5.74) is 2.23. The van der Waals surface area contributed by atoms with Crippen molar-refractivity contribution in [1.82, 2.24) is 0 Å². The molecular formula is C27H20N2O4. The van der Waals surface area contributed by atoms with Gasteiger partial charge in [0.1, 0.15) is 11.3 Å². The summed E-state index contributed by atoms with van der Waals surface area (Å²) >= 11 is 0. The first-order chi connectivity index (χ1) is 16.1. The molecule has 0 bridgehead atoms. The Kier molecular flexibility index (Phi) is 5.24. The molecule has 2 N–H and O–H groups in total. The Morgan fingerprint density at radius 3 is 2.33 bits per heavy atom. The molecule has 0 saturated carbocycles. The van der Waals surface area contributed by atoms with Crippen LogP contribution in [0.25, 0.3) is 21.7 Å². The van der Waals surface area contributed by atoms with Crippen molar-refractivity contribution in [3.05, 3.63) is 102 Å². The lowest BCUT2D eigenvalue weighted by Gasteiger charge is -2.13. The SMILES string of the molecule is COc1cc(NC(=O)c2cccc3ccccc23)ccc1NC(=O)c1cc2ccccc2o1. The van der Waals surface area contributed by atoms with E-state index in [1.165, 1.54) is 7.11 Å². The number of para-hydroxylation sites is 1. The summed E-state index contributed by atoms with van der Waals surface area (Å²) in [6.45, 7) is 0. The summed E-state index contributed by atoms with van der Waals surface area (Å²) in [6.07, 6.45) is 0. The van der Waals surface area contributed by atoms with Gasteiger partial charge in [-0.2, -0.15) is 0 Å². The van der Waals surface area contributed by atoms with Crippen molar-refractivity contribution in [1.29, 1.82) is 0 Å². The lowest BCUT2D eigenvalue weighted by Crippen LogP contribution is -2.14. The standard InChI is InChI=1S/C27H20N2O4/c1-32-24-16-19(28-26(30)21-11-6-9-17-7-2-4-10-20(17)21)13-14-22(24)29-27(31)25-15-18-8-3-5-12-23(18)33-25/h2-16H,1H3,(H,28,30)(H,29,31). The number of furan rings is 1. The third kappa shape index (κ3) is 4.02. The molecule has 0 fully saturated rings. The number of hydrogen-bond donors (Lipinski definition) is 2. The van der Waals surface area contributed by atoms with Gasteiger partial charge < -0.3 is 19.8 Å². The predicted octanol–water partition coefficient (Wildman–Crippen LogP) is 6.10. The fourth-order valence-corrected chi connectivity index (χ4v) is 3.77. The average molecular weight is 436 g/mol. The average Bonchev–Trinajstić information content (AvgIpc) is 3.29. The highest BCUT2D eigenvalue weighted by molar-refractivity contribution is 6.13. The highest BCUT2D eigenvalue weighted by Crippen LogP contribution is 2.30. The third-order valence-electron chi connectivity index (χ3n) is 5.39. The van der Waals surface area contributed by atoms with Crippen LogP contribution in [-0.2, 0) is 0 Å². The number of benzene rings is 4. The molecule has 6 nitrogen and oxygen atoms in total. The van der Waals surface area contributed by atoms with Crippen LogP contribution in [0.1, 0.15) is 20.9 Å². The number of ether oxygens (including phenoxy) is 1. The van der Waals surface area contributed by atoms with E-state index in [9.17, 15) is 9.59 Å². The highest BCUT2D eigenvalue weighted by atomic mass is 16.5. The van der Waals surface area contributed by atoms with Gasteiger partial charge in [-0.15, -0.1) is 0 Å². The quantitative estimate of drug-likeness (QED) is 0.349. The van der Waals surface area contributed by atoms with Gasteiger partial charge in [-0.05, 0) is 41.1 Å². The molecule has 0 aliphatic rings. The molecule has 2 amide bonds. The summed E-state index contributed by atoms with van der Waals surface area (Å²) in [5, 5.41) is 8.42. The van der Waals surface area contributed by atoms with Crippen molar-refractivity contribution in [3.63, 3.8) is 0 Å². The number of fused-ring (bicyclic) bond motifs is 2. The molecule has 162 valence electrons. The zero-order valence-electron chi connectivity index (χ0n) is 17.8. The number of amides is 2. The van der Waals surface area contributed by atoms with Crippen molar-refractivity contribution in [3.8, 4) is 5.75 Å². The molecule has 1 aromatic heterocycles. The van der Waals surface area contributed by atoms with Gasteiger partial charge in [-0.1, -0.05) is 54.6 Å². The van der Waals surface area contributed by atoms with Crippen LogP contribution in [0, 0.1) is 0 Å². The van der Waals surface area contributed by atoms with E-state index in [0.717, 1.165) is 16.2 Å². The van der Waals surface area contributed by atoms with Crippen molar-refractivity contribution in [2.75, 3.05) is 17.7 Å². The zero-order valence-corrected chi connectivity index (χ0v) is 17.8. The first-order valence-electron chi connectivity index (χ1n) is 10.4. The van der Waals surface area contributed by atoms with Crippen LogP contribution >= 0.6 is 0 Å². The van der Waals surface area contributed by atoms with Crippen LogP contribution in [0.3, 0.4) is 0 Å². The number of nitrogens with one attached hydrogen (secondary N) is 2. The Balaban J connectivity index is 1.36. The summed E-state index contributed by atoms with van der Waals surface area (Å²) in [7, 11) is 1.50. The van der Waals surface area contributed by atoms with Crippen LogP contribution in [0.2, 0.25) is 0 Å². The van der Waals surface area contributed by atoms with Gasteiger partial charge in [0.2, 0.25) is 0 Å². The van der Waals surface area contributed by atoms with Gasteiger partial charge >= 0.3 is 0 Å². The van der Waals surface area contributed by atoms with Gasteiger partial charge in [0, 0.05) is 22.7 Å². The van der Waals surface area contributed by atoms with E-state index < -0.39 is 5.91 Å². The molecule has 0 aliphatic carbocycles. The van der Waals surface area contributed by atoms with Crippen LogP contribution < -0.4 is 15.4 Å². The van der Waals surface area contributed by atoms with E-state index in [0.29, 0.717) is 28.3 Å². The minimum Gasteiger partial charge on any atom is -0.494 e. The molecule has 4 aromatic carbocycles. The fraction of sp³-hybridized carbons (Fsp3) is 0.0370. The van der Waals surface area contributed by atoms with Gasteiger partial charge in [0.15, 0.2) is 5.76 Å². The topological polar surface area (TPSA) is 80.6 Å². The smallest absolute Gasteiger partial charge is 0.291 e. The molecule has 0 atom stereocenters. The minimum absolute atomic E-state index is 0.201. The highest BCUT2D eigenvalue weighted by Gasteiger charge is 2.16. The molecule has 1 heterocycles. The lowest BCUT2D eigenvalue weighted by molar-refractivity contribution is 0.0996. The van der Waals surface area contributed by atoms with Crippen LogP contribution in [-0.4, -0.2) is 18.9 Å². The van der Waals surface area contributed by atoms with Gasteiger partial charge in [0.05, 0.1) is 12.8 Å². The second-order valence-corrected chi connectivity index (χ2v) is 7.50. The molecule has 33 heavy (non-hydrogen) atoms. The predicted molar refractivity (Wildman–Crippen MR) is 129 cm³/mol. The summed E-state index contributed by atoms with van der Waals surface area (Å²) in [4.78, 5) is 25.6. The number of carbonyl (C=O) groups is 2. The summed E-state index contributed by atoms with van der Waals surface area (Å²) in [5.74, 6) is -0.00766. The van der Waals surface area contributed by atoms with E-state index in [2.05, 4.69) is 10.6 Å². The molecule has 6 heteroatoms. The number of hydrogen-bond acceptors (Lipinski definition) is 4. The third-order valence-corrected chi connectivity index (χ3v) is 5.39. The number of methoxy groups -OCH3 is 1. The fourth-order valence-electron chi connectivity index (χ4n) is 3.77. The monoisotopic (exact) mass is 436 g/mol. The first-order valence-corrected chi connectivity index (χ1v) is 10.4. The number of rotatable bonds is 5. The van der Waals surface area contributed by atoms with Gasteiger partial charge in [-0.3, -0.25) is 9.59 Å². The largest absolute Gasteiger partial charge is 0.494 e. The Morgan fingerprint density at radius 1 is 0.758 bits per heavy atom. The minimum atomic E-state index is -0.392. The van der Waals surface area contributed by atoms with Crippen LogP contribution in [0.4, 0.5) is 11.4 Å². The van der Waals surface area contributed by atoms with E-state index in [-0.39, 0.29) is 11.7 Å². The van der Waals surface area contributed by atoms with E-state index in [1.807, 2.05) is 54.6 Å². The summed E-state index contributed by atoms with van der Waals surface area (Å²) < 4.78 is 11.1. The second kappa shape index (κ2) is 8.51. The number of carbonyl (C=O) groups excluding carboxylic acids is 2. The zero-order chi connectivity index (χ0) is 22.8. The molecule has 5 aromatic rings. The maximum atomic E-state index is 12.9. The second-order valence-electron chi connectivity index (χ2n) is 7.50. The molecule has 0 unspecified atom stereocenters. The van der Waals surface area contributed by atoms with Crippen molar-refractivity contribution in [2.45, 2.75) is 0 Å². The Morgan fingerprint density at radius 2 is 1.52 bits per heavy atom. The van der Waals surface area contributed by atoms with Gasteiger partial charge in [-0.25, -0.2) is 0 Å². The Hall–Kier alpha value is -4.58. The Labute approximate surface area is 189 Å².